The summed E-state index contributed by atoms with van der Waals surface area (Å²) in [4.78, 5) is 11.8. The second kappa shape index (κ2) is 7.00. The van der Waals surface area contributed by atoms with Crippen molar-refractivity contribution in [3.63, 3.8) is 0 Å². The number of rotatable bonds is 6. The molecule has 1 aromatic carbocycles. The molecule has 0 radical (unpaired) electrons. The van der Waals surface area contributed by atoms with Crippen molar-refractivity contribution in [2.45, 2.75) is 19.1 Å². The number of Topliss-reactive ketones (excluding diaryl/α,β-unsaturated/α-hetero) is 1. The van der Waals surface area contributed by atoms with Crippen LogP contribution in [0, 0.1) is 29.6 Å². The third-order valence-electron chi connectivity index (χ3n) is 3.00. The maximum absolute atomic E-state index is 11.8. The SMILES string of the molecule is CC(=N)[C@H](C#N)C(=O)CSc1nnc(-c2ccccc2C)o1. The van der Waals surface area contributed by atoms with Crippen molar-refractivity contribution in [3.8, 4) is 17.5 Å². The largest absolute Gasteiger partial charge is 0.411 e. The van der Waals surface area contributed by atoms with Gasteiger partial charge in [-0.2, -0.15) is 5.26 Å². The molecule has 6 nitrogen and oxygen atoms in total. The number of aromatic nitrogens is 2. The van der Waals surface area contributed by atoms with Gasteiger partial charge in [0.2, 0.25) is 5.89 Å². The van der Waals surface area contributed by atoms with E-state index in [9.17, 15) is 4.79 Å². The molecule has 0 spiro atoms. The Morgan fingerprint density at radius 3 is 2.82 bits per heavy atom. The summed E-state index contributed by atoms with van der Waals surface area (Å²) in [6, 6.07) is 9.45. The summed E-state index contributed by atoms with van der Waals surface area (Å²) in [6.07, 6.45) is 0. The van der Waals surface area contributed by atoms with Crippen LogP contribution in [0.4, 0.5) is 0 Å². The first kappa shape index (κ1) is 15.9. The van der Waals surface area contributed by atoms with Gasteiger partial charge in [-0.05, 0) is 25.5 Å². The Hall–Kier alpha value is -2.46. The first-order chi connectivity index (χ1) is 10.5. The lowest BCUT2D eigenvalue weighted by atomic mass is 10.0. The molecule has 1 aromatic heterocycles. The maximum atomic E-state index is 11.8. The average molecular weight is 314 g/mol. The van der Waals surface area contributed by atoms with E-state index in [4.69, 9.17) is 15.1 Å². The quantitative estimate of drug-likeness (QED) is 0.649. The number of carbonyl (C=O) groups is 1. The van der Waals surface area contributed by atoms with Crippen LogP contribution < -0.4 is 0 Å². The van der Waals surface area contributed by atoms with E-state index in [0.29, 0.717) is 5.89 Å². The number of thioether (sulfide) groups is 1. The first-order valence-electron chi connectivity index (χ1n) is 6.52. The van der Waals surface area contributed by atoms with Crippen molar-refractivity contribution >= 4 is 23.3 Å². The van der Waals surface area contributed by atoms with Crippen LogP contribution in [0.1, 0.15) is 12.5 Å². The van der Waals surface area contributed by atoms with Gasteiger partial charge in [-0.15, -0.1) is 10.2 Å². The van der Waals surface area contributed by atoms with Gasteiger partial charge in [-0.25, -0.2) is 0 Å². The van der Waals surface area contributed by atoms with Gasteiger partial charge < -0.3 is 9.83 Å². The van der Waals surface area contributed by atoms with Crippen LogP contribution in [0.25, 0.3) is 11.5 Å². The van der Waals surface area contributed by atoms with Crippen LogP contribution >= 0.6 is 11.8 Å². The van der Waals surface area contributed by atoms with Crippen LogP contribution in [0.2, 0.25) is 0 Å². The van der Waals surface area contributed by atoms with Crippen molar-refractivity contribution in [2.75, 3.05) is 5.75 Å². The first-order valence-corrected chi connectivity index (χ1v) is 7.51. The van der Waals surface area contributed by atoms with Crippen molar-refractivity contribution in [2.24, 2.45) is 5.92 Å². The zero-order valence-electron chi connectivity index (χ0n) is 12.2. The maximum Gasteiger partial charge on any atom is 0.277 e. The van der Waals surface area contributed by atoms with Crippen molar-refractivity contribution in [1.82, 2.24) is 10.2 Å². The lowest BCUT2D eigenvalue weighted by Crippen LogP contribution is -2.21. The molecule has 0 saturated carbocycles. The summed E-state index contributed by atoms with van der Waals surface area (Å²) in [5.41, 5.74) is 1.90. The van der Waals surface area contributed by atoms with Crippen molar-refractivity contribution in [1.29, 1.82) is 10.7 Å². The fraction of sp³-hybridized carbons (Fsp3) is 0.267. The van der Waals surface area contributed by atoms with Gasteiger partial charge in [0.15, 0.2) is 5.78 Å². The highest BCUT2D eigenvalue weighted by Gasteiger charge is 2.21. The molecule has 1 N–H and O–H groups in total. The molecule has 0 fully saturated rings. The molecular formula is C15H14N4O2S. The molecule has 0 aliphatic heterocycles. The molecular weight excluding hydrogens is 300 g/mol. The van der Waals surface area contributed by atoms with Gasteiger partial charge >= 0.3 is 0 Å². The van der Waals surface area contributed by atoms with Crippen LogP contribution in [0.5, 0.6) is 0 Å². The molecule has 112 valence electrons. The van der Waals surface area contributed by atoms with Gasteiger partial charge in [0.05, 0.1) is 11.8 Å². The fourth-order valence-electron chi connectivity index (χ4n) is 1.82. The Morgan fingerprint density at radius 1 is 1.45 bits per heavy atom. The minimum Gasteiger partial charge on any atom is -0.411 e. The molecule has 0 amide bonds. The lowest BCUT2D eigenvalue weighted by molar-refractivity contribution is -0.117. The highest BCUT2D eigenvalue weighted by atomic mass is 32.2. The summed E-state index contributed by atoms with van der Waals surface area (Å²) in [5.74, 6) is -0.931. The summed E-state index contributed by atoms with van der Waals surface area (Å²) >= 11 is 1.07. The van der Waals surface area contributed by atoms with Gasteiger partial charge in [-0.1, -0.05) is 30.0 Å². The van der Waals surface area contributed by atoms with Gasteiger partial charge in [0.1, 0.15) is 5.92 Å². The Balaban J connectivity index is 2.05. The zero-order chi connectivity index (χ0) is 16.1. The van der Waals surface area contributed by atoms with E-state index in [1.807, 2.05) is 37.3 Å². The minimum absolute atomic E-state index is 0.0177. The van der Waals surface area contributed by atoms with Crippen LogP contribution in [0.15, 0.2) is 33.9 Å². The molecule has 7 heteroatoms. The summed E-state index contributed by atoms with van der Waals surface area (Å²) in [7, 11) is 0. The summed E-state index contributed by atoms with van der Waals surface area (Å²) in [6.45, 7) is 3.39. The van der Waals surface area contributed by atoms with Crippen LogP contribution in [-0.2, 0) is 4.79 Å². The standard InChI is InChI=1S/C15H14N4O2S/c1-9-5-3-4-6-11(9)14-18-19-15(21-14)22-8-13(20)12(7-16)10(2)17/h3-6,12,17H,8H2,1-2H3/t12-/m0/s1. The highest BCUT2D eigenvalue weighted by Crippen LogP contribution is 2.25. The molecule has 1 atom stereocenters. The Morgan fingerprint density at radius 2 is 2.18 bits per heavy atom. The Bertz CT molecular complexity index is 748. The van der Waals surface area contributed by atoms with E-state index in [2.05, 4.69) is 10.2 Å². The van der Waals surface area contributed by atoms with E-state index in [-0.39, 0.29) is 22.5 Å². The topological polar surface area (TPSA) is 104 Å². The van der Waals surface area contributed by atoms with Gasteiger partial charge in [-0.3, -0.25) is 4.79 Å². The van der Waals surface area contributed by atoms with E-state index < -0.39 is 5.92 Å². The Kier molecular flexibility index (Phi) is 5.07. The molecule has 2 rings (SSSR count). The van der Waals surface area contributed by atoms with Crippen molar-refractivity contribution in [3.05, 3.63) is 29.8 Å². The average Bonchev–Trinajstić information content (AvgIpc) is 2.94. The Labute approximate surface area is 132 Å². The number of benzene rings is 1. The van der Waals surface area contributed by atoms with E-state index in [1.165, 1.54) is 6.92 Å². The number of hydrogen-bond donors (Lipinski definition) is 1. The molecule has 0 bridgehead atoms. The minimum atomic E-state index is -1.01. The number of nitrogens with zero attached hydrogens (tertiary/aromatic N) is 3. The fourth-order valence-corrected chi connectivity index (χ4v) is 2.49. The smallest absolute Gasteiger partial charge is 0.277 e. The lowest BCUT2D eigenvalue weighted by Gasteiger charge is -2.03. The normalized spacial score (nSPS) is 11.7. The van der Waals surface area contributed by atoms with Crippen LogP contribution in [0.3, 0.4) is 0 Å². The third kappa shape index (κ3) is 3.59. The van der Waals surface area contributed by atoms with E-state index in [0.717, 1.165) is 22.9 Å². The summed E-state index contributed by atoms with van der Waals surface area (Å²) in [5, 5.41) is 24.4. The second-order valence-electron chi connectivity index (χ2n) is 4.69. The van der Waals surface area contributed by atoms with Crippen LogP contribution in [-0.4, -0.2) is 27.4 Å². The molecule has 1 heterocycles. The molecule has 0 aliphatic carbocycles. The number of nitriles is 1. The van der Waals surface area contributed by atoms with Crippen molar-refractivity contribution < 1.29 is 9.21 Å². The summed E-state index contributed by atoms with van der Waals surface area (Å²) < 4.78 is 5.53. The predicted molar refractivity (Wildman–Crippen MR) is 82.7 cm³/mol. The molecule has 0 aliphatic rings. The molecule has 2 aromatic rings. The number of nitrogens with one attached hydrogen (secondary N) is 1. The predicted octanol–water partition coefficient (Wildman–Crippen LogP) is 2.89. The molecule has 0 saturated heterocycles. The second-order valence-corrected chi connectivity index (χ2v) is 5.61. The monoisotopic (exact) mass is 314 g/mol. The third-order valence-corrected chi connectivity index (χ3v) is 3.84. The van der Waals surface area contributed by atoms with E-state index in [1.54, 1.807) is 0 Å². The molecule has 0 unspecified atom stereocenters. The van der Waals surface area contributed by atoms with Gasteiger partial charge in [0, 0.05) is 11.3 Å². The van der Waals surface area contributed by atoms with Gasteiger partial charge in [0.25, 0.3) is 5.22 Å². The number of carbonyl (C=O) groups excluding carboxylic acids is 1. The molecule has 22 heavy (non-hydrogen) atoms. The number of ketones is 1. The zero-order valence-corrected chi connectivity index (χ0v) is 13.0. The van der Waals surface area contributed by atoms with E-state index >= 15 is 0 Å². The highest BCUT2D eigenvalue weighted by molar-refractivity contribution is 7.99. The number of aryl methyl sites for hydroxylation is 1. The number of hydrogen-bond acceptors (Lipinski definition) is 7.